The molecule has 0 spiro atoms. The monoisotopic (exact) mass is 277 g/mol. The van der Waals surface area contributed by atoms with E-state index in [1.807, 2.05) is 27.7 Å². The van der Waals surface area contributed by atoms with Crippen LogP contribution in [0.3, 0.4) is 0 Å². The molecule has 2 N–H and O–H groups in total. The van der Waals surface area contributed by atoms with E-state index in [0.29, 0.717) is 19.0 Å². The Morgan fingerprint density at radius 3 is 2.50 bits per heavy atom. The van der Waals surface area contributed by atoms with Crippen molar-refractivity contribution in [3.05, 3.63) is 0 Å². The van der Waals surface area contributed by atoms with Crippen LogP contribution >= 0.6 is 0 Å². The lowest BCUT2D eigenvalue weighted by Gasteiger charge is -2.31. The standard InChI is InChI=1S/C12H27N3O2S/c1-5-15(10-11-7-6-8-13-9-11)18(16,17)14-12(2,3)4/h11,13-14H,5-10H2,1-4H3. The first kappa shape index (κ1) is 15.9. The molecule has 1 unspecified atom stereocenters. The van der Waals surface area contributed by atoms with Crippen molar-refractivity contribution < 1.29 is 8.42 Å². The largest absolute Gasteiger partial charge is 0.316 e. The third kappa shape index (κ3) is 5.22. The van der Waals surface area contributed by atoms with E-state index in [0.717, 1.165) is 25.9 Å². The fourth-order valence-electron chi connectivity index (χ4n) is 2.22. The second kappa shape index (κ2) is 6.32. The van der Waals surface area contributed by atoms with E-state index in [9.17, 15) is 8.42 Å². The van der Waals surface area contributed by atoms with Gasteiger partial charge in [-0.15, -0.1) is 0 Å². The molecule has 0 aromatic carbocycles. The fourth-order valence-corrected chi connectivity index (χ4v) is 3.87. The molecule has 108 valence electrons. The van der Waals surface area contributed by atoms with Crippen molar-refractivity contribution >= 4 is 10.2 Å². The summed E-state index contributed by atoms with van der Waals surface area (Å²) in [5.41, 5.74) is -0.433. The summed E-state index contributed by atoms with van der Waals surface area (Å²) >= 11 is 0. The van der Waals surface area contributed by atoms with Crippen LogP contribution in [0.2, 0.25) is 0 Å². The number of nitrogens with one attached hydrogen (secondary N) is 2. The summed E-state index contributed by atoms with van der Waals surface area (Å²) in [4.78, 5) is 0. The molecule has 0 aromatic rings. The molecule has 1 atom stereocenters. The summed E-state index contributed by atoms with van der Waals surface area (Å²) in [5.74, 6) is 0.426. The minimum Gasteiger partial charge on any atom is -0.316 e. The van der Waals surface area contributed by atoms with Crippen LogP contribution in [-0.4, -0.2) is 44.4 Å². The Morgan fingerprint density at radius 1 is 1.39 bits per heavy atom. The van der Waals surface area contributed by atoms with Crippen LogP contribution < -0.4 is 10.0 Å². The Balaban J connectivity index is 2.64. The normalized spacial score (nSPS) is 22.4. The molecular formula is C12H27N3O2S. The Bertz CT molecular complexity index is 343. The summed E-state index contributed by atoms with van der Waals surface area (Å²) in [6, 6.07) is 0. The molecule has 0 aromatic heterocycles. The molecule has 1 saturated heterocycles. The number of piperidine rings is 1. The maximum Gasteiger partial charge on any atom is 0.279 e. The lowest BCUT2D eigenvalue weighted by atomic mass is 10.00. The van der Waals surface area contributed by atoms with E-state index < -0.39 is 15.7 Å². The van der Waals surface area contributed by atoms with E-state index in [-0.39, 0.29) is 0 Å². The molecule has 0 radical (unpaired) electrons. The molecule has 6 heteroatoms. The lowest BCUT2D eigenvalue weighted by molar-refractivity contribution is 0.292. The lowest BCUT2D eigenvalue weighted by Crippen LogP contribution is -2.51. The average molecular weight is 277 g/mol. The van der Waals surface area contributed by atoms with Crippen molar-refractivity contribution in [2.75, 3.05) is 26.2 Å². The van der Waals surface area contributed by atoms with Crippen LogP contribution in [-0.2, 0) is 10.2 Å². The van der Waals surface area contributed by atoms with Gasteiger partial charge in [0.25, 0.3) is 10.2 Å². The zero-order valence-corrected chi connectivity index (χ0v) is 12.8. The predicted octanol–water partition coefficient (Wildman–Crippen LogP) is 0.941. The van der Waals surface area contributed by atoms with E-state index in [1.54, 1.807) is 4.31 Å². The van der Waals surface area contributed by atoms with E-state index in [1.165, 1.54) is 0 Å². The number of nitrogens with zero attached hydrogens (tertiary/aromatic N) is 1. The molecule has 5 nitrogen and oxygen atoms in total. The maximum atomic E-state index is 12.2. The van der Waals surface area contributed by atoms with Gasteiger partial charge < -0.3 is 5.32 Å². The Hall–Kier alpha value is -0.170. The third-order valence-corrected chi connectivity index (χ3v) is 4.95. The summed E-state index contributed by atoms with van der Waals surface area (Å²) in [7, 11) is -3.37. The molecule has 0 saturated carbocycles. The van der Waals surface area contributed by atoms with Crippen molar-refractivity contribution in [2.24, 2.45) is 5.92 Å². The molecular weight excluding hydrogens is 250 g/mol. The van der Waals surface area contributed by atoms with Crippen molar-refractivity contribution in [3.63, 3.8) is 0 Å². The van der Waals surface area contributed by atoms with Crippen LogP contribution in [0.1, 0.15) is 40.5 Å². The second-order valence-corrected chi connectivity index (χ2v) is 7.69. The number of rotatable bonds is 5. The predicted molar refractivity (Wildman–Crippen MR) is 74.6 cm³/mol. The number of hydrogen-bond donors (Lipinski definition) is 2. The van der Waals surface area contributed by atoms with Gasteiger partial charge in [0.2, 0.25) is 0 Å². The first-order valence-corrected chi connectivity index (χ1v) is 8.18. The SMILES string of the molecule is CCN(CC1CCCNC1)S(=O)(=O)NC(C)(C)C. The smallest absolute Gasteiger partial charge is 0.279 e. The summed E-state index contributed by atoms with van der Waals surface area (Å²) < 4.78 is 28.8. The third-order valence-electron chi connectivity index (χ3n) is 2.99. The van der Waals surface area contributed by atoms with Crippen molar-refractivity contribution in [1.29, 1.82) is 0 Å². The first-order chi connectivity index (χ1) is 8.24. The highest BCUT2D eigenvalue weighted by atomic mass is 32.2. The molecule has 0 amide bonds. The van der Waals surface area contributed by atoms with Gasteiger partial charge in [0.15, 0.2) is 0 Å². The van der Waals surface area contributed by atoms with Crippen LogP contribution in [0.5, 0.6) is 0 Å². The minimum absolute atomic E-state index is 0.426. The van der Waals surface area contributed by atoms with Gasteiger partial charge >= 0.3 is 0 Å². The molecule has 1 fully saturated rings. The van der Waals surface area contributed by atoms with E-state index >= 15 is 0 Å². The topological polar surface area (TPSA) is 61.4 Å². The quantitative estimate of drug-likeness (QED) is 0.786. The van der Waals surface area contributed by atoms with E-state index in [4.69, 9.17) is 0 Å². The molecule has 1 aliphatic rings. The molecule has 1 aliphatic heterocycles. The summed E-state index contributed by atoms with van der Waals surface area (Å²) in [6.45, 7) is 10.6. The van der Waals surface area contributed by atoms with E-state index in [2.05, 4.69) is 10.0 Å². The summed E-state index contributed by atoms with van der Waals surface area (Å²) in [5, 5.41) is 3.32. The zero-order chi connectivity index (χ0) is 13.8. The van der Waals surface area contributed by atoms with Gasteiger partial charge in [-0.25, -0.2) is 0 Å². The van der Waals surface area contributed by atoms with Crippen molar-refractivity contribution in [2.45, 2.75) is 46.1 Å². The Labute approximate surface area is 112 Å². The van der Waals surface area contributed by atoms with Crippen LogP contribution in [0.25, 0.3) is 0 Å². The van der Waals surface area contributed by atoms with Gasteiger partial charge in [-0.3, -0.25) is 0 Å². The Morgan fingerprint density at radius 2 is 2.06 bits per heavy atom. The Kier molecular flexibility index (Phi) is 5.58. The highest BCUT2D eigenvalue weighted by Crippen LogP contribution is 2.14. The van der Waals surface area contributed by atoms with Gasteiger partial charge in [-0.05, 0) is 52.6 Å². The van der Waals surface area contributed by atoms with Crippen molar-refractivity contribution in [1.82, 2.24) is 14.3 Å². The van der Waals surface area contributed by atoms with Gasteiger partial charge in [-0.2, -0.15) is 17.4 Å². The first-order valence-electron chi connectivity index (χ1n) is 6.74. The number of hydrogen-bond acceptors (Lipinski definition) is 3. The highest BCUT2D eigenvalue weighted by molar-refractivity contribution is 7.87. The minimum atomic E-state index is -3.37. The molecule has 18 heavy (non-hydrogen) atoms. The zero-order valence-electron chi connectivity index (χ0n) is 12.0. The second-order valence-electron chi connectivity index (χ2n) is 6.02. The molecule has 0 bridgehead atoms. The van der Waals surface area contributed by atoms with Gasteiger partial charge in [0.05, 0.1) is 0 Å². The highest BCUT2D eigenvalue weighted by Gasteiger charge is 2.28. The molecule has 0 aliphatic carbocycles. The fraction of sp³-hybridized carbons (Fsp3) is 1.00. The van der Waals surface area contributed by atoms with Gasteiger partial charge in [0, 0.05) is 18.6 Å². The molecule has 1 heterocycles. The van der Waals surface area contributed by atoms with Gasteiger partial charge in [-0.1, -0.05) is 6.92 Å². The van der Waals surface area contributed by atoms with Crippen LogP contribution in [0, 0.1) is 5.92 Å². The molecule has 1 rings (SSSR count). The summed E-state index contributed by atoms with van der Waals surface area (Å²) in [6.07, 6.45) is 2.24. The maximum absolute atomic E-state index is 12.2. The van der Waals surface area contributed by atoms with Crippen LogP contribution in [0.4, 0.5) is 0 Å². The van der Waals surface area contributed by atoms with Crippen LogP contribution in [0.15, 0.2) is 0 Å². The van der Waals surface area contributed by atoms with Gasteiger partial charge in [0.1, 0.15) is 0 Å². The van der Waals surface area contributed by atoms with Crippen molar-refractivity contribution in [3.8, 4) is 0 Å². The average Bonchev–Trinajstić information content (AvgIpc) is 2.23.